The smallest absolute Gasteiger partial charge is 0.455 e. The molecule has 4 nitrogen and oxygen atoms in total. The first kappa shape index (κ1) is 22.0. The van der Waals surface area contributed by atoms with Crippen LogP contribution in [0.15, 0.2) is 83.3 Å². The molecule has 0 amide bonds. The first-order valence-electron chi connectivity index (χ1n) is 13.2. The number of aromatic nitrogens is 1. The Morgan fingerprint density at radius 2 is 1.58 bits per heavy atom. The fraction of sp³-hybridized carbons (Fsp3) is 0.152. The average molecular weight is 495 g/mol. The molecule has 0 bridgehead atoms. The Morgan fingerprint density at radius 3 is 2.45 bits per heavy atom. The Labute approximate surface area is 219 Å². The summed E-state index contributed by atoms with van der Waals surface area (Å²) in [5, 5.41) is 24.4. The van der Waals surface area contributed by atoms with Gasteiger partial charge in [0.15, 0.2) is 5.58 Å². The lowest BCUT2D eigenvalue weighted by Gasteiger charge is -2.21. The van der Waals surface area contributed by atoms with Gasteiger partial charge in [-0.15, -0.1) is 0 Å². The van der Waals surface area contributed by atoms with Crippen molar-refractivity contribution in [2.24, 2.45) is 0 Å². The minimum Gasteiger partial charge on any atom is -0.455 e. The van der Waals surface area contributed by atoms with Crippen molar-refractivity contribution in [1.29, 1.82) is 0 Å². The van der Waals surface area contributed by atoms with Gasteiger partial charge in [-0.1, -0.05) is 74.5 Å². The molecule has 0 aliphatic heterocycles. The highest BCUT2D eigenvalue weighted by molar-refractivity contribution is 6.63. The molecule has 0 fully saturated rings. The SMILES string of the molecule is CC1(C)c2ccccc2-c2cc3c4ccccc4n(-c4cccc5c6c(oc45)=C(B(O)O)CCC=6)c3cc21. The summed E-state index contributed by atoms with van der Waals surface area (Å²) < 4.78 is 8.81. The van der Waals surface area contributed by atoms with E-state index in [0.29, 0.717) is 17.3 Å². The highest BCUT2D eigenvalue weighted by Gasteiger charge is 2.36. The molecule has 0 atom stereocenters. The van der Waals surface area contributed by atoms with Crippen LogP contribution < -0.4 is 10.6 Å². The van der Waals surface area contributed by atoms with Crippen LogP contribution in [0.2, 0.25) is 0 Å². The normalized spacial score (nSPS) is 15.5. The van der Waals surface area contributed by atoms with Gasteiger partial charge < -0.3 is 19.0 Å². The van der Waals surface area contributed by atoms with Crippen molar-refractivity contribution in [1.82, 2.24) is 4.57 Å². The summed E-state index contributed by atoms with van der Waals surface area (Å²) in [5.41, 5.74) is 10.3. The first-order valence-corrected chi connectivity index (χ1v) is 13.2. The predicted octanol–water partition coefficient (Wildman–Crippen LogP) is 5.57. The van der Waals surface area contributed by atoms with Crippen LogP contribution in [0.1, 0.15) is 37.8 Å². The van der Waals surface area contributed by atoms with Crippen LogP contribution in [-0.4, -0.2) is 21.7 Å². The molecule has 2 heterocycles. The number of benzene rings is 4. The molecule has 38 heavy (non-hydrogen) atoms. The lowest BCUT2D eigenvalue weighted by Crippen LogP contribution is -2.32. The van der Waals surface area contributed by atoms with Crippen molar-refractivity contribution < 1.29 is 14.5 Å². The molecule has 0 unspecified atom stereocenters. The van der Waals surface area contributed by atoms with Crippen molar-refractivity contribution in [3.63, 3.8) is 0 Å². The molecule has 2 aliphatic carbocycles. The number of rotatable bonds is 2. The molecule has 4 aromatic carbocycles. The van der Waals surface area contributed by atoms with Gasteiger partial charge in [-0.25, -0.2) is 0 Å². The van der Waals surface area contributed by atoms with Crippen LogP contribution in [0, 0.1) is 0 Å². The number of hydrogen-bond donors (Lipinski definition) is 2. The van der Waals surface area contributed by atoms with E-state index >= 15 is 0 Å². The van der Waals surface area contributed by atoms with Crippen LogP contribution >= 0.6 is 0 Å². The average Bonchev–Trinajstić information content (AvgIpc) is 3.54. The highest BCUT2D eigenvalue weighted by Crippen LogP contribution is 2.51. The second-order valence-electron chi connectivity index (χ2n) is 11.1. The fourth-order valence-corrected chi connectivity index (χ4v) is 6.90. The highest BCUT2D eigenvalue weighted by atomic mass is 16.4. The summed E-state index contributed by atoms with van der Waals surface area (Å²) in [6, 6.07) is 28.3. The molecule has 184 valence electrons. The Balaban J connectivity index is 1.52. The number of furan rings is 1. The van der Waals surface area contributed by atoms with E-state index in [1.807, 2.05) is 0 Å². The third kappa shape index (κ3) is 2.73. The lowest BCUT2D eigenvalue weighted by molar-refractivity contribution is 0.422. The van der Waals surface area contributed by atoms with E-state index in [-0.39, 0.29) is 5.41 Å². The zero-order valence-corrected chi connectivity index (χ0v) is 21.3. The molecular weight excluding hydrogens is 469 g/mol. The molecule has 0 spiro atoms. The maximum atomic E-state index is 10.0. The van der Waals surface area contributed by atoms with Crippen molar-refractivity contribution in [2.75, 3.05) is 0 Å². The summed E-state index contributed by atoms with van der Waals surface area (Å²) in [4.78, 5) is 0. The van der Waals surface area contributed by atoms with E-state index in [1.165, 1.54) is 33.0 Å². The summed E-state index contributed by atoms with van der Waals surface area (Å²) in [6.07, 6.45) is 3.49. The summed E-state index contributed by atoms with van der Waals surface area (Å²) in [7, 11) is -1.52. The minimum absolute atomic E-state index is 0.104. The van der Waals surface area contributed by atoms with Crippen LogP contribution in [0.4, 0.5) is 0 Å². The molecule has 2 N–H and O–H groups in total. The first-order chi connectivity index (χ1) is 18.4. The van der Waals surface area contributed by atoms with Crippen molar-refractivity contribution in [3.05, 3.63) is 101 Å². The molecule has 0 radical (unpaired) electrons. The topological polar surface area (TPSA) is 58.5 Å². The van der Waals surface area contributed by atoms with Crippen LogP contribution in [-0.2, 0) is 5.41 Å². The second-order valence-corrected chi connectivity index (χ2v) is 11.1. The molecule has 5 heteroatoms. The predicted molar refractivity (Wildman–Crippen MR) is 155 cm³/mol. The monoisotopic (exact) mass is 495 g/mol. The zero-order valence-electron chi connectivity index (χ0n) is 21.3. The summed E-state index contributed by atoms with van der Waals surface area (Å²) in [6.45, 7) is 4.62. The summed E-state index contributed by atoms with van der Waals surface area (Å²) >= 11 is 0. The number of hydrogen-bond acceptors (Lipinski definition) is 3. The minimum atomic E-state index is -1.52. The van der Waals surface area contributed by atoms with Gasteiger partial charge in [-0.05, 0) is 59.4 Å². The van der Waals surface area contributed by atoms with E-state index in [2.05, 4.69) is 103 Å². The molecule has 0 saturated carbocycles. The largest absolute Gasteiger partial charge is 0.488 e. The van der Waals surface area contributed by atoms with Gasteiger partial charge in [0.25, 0.3) is 0 Å². The Morgan fingerprint density at radius 1 is 0.789 bits per heavy atom. The second kappa shape index (κ2) is 7.50. The third-order valence-corrected chi connectivity index (χ3v) is 8.72. The number of nitrogens with zero attached hydrogens (tertiary/aromatic N) is 1. The van der Waals surface area contributed by atoms with Crippen LogP contribution in [0.5, 0.6) is 0 Å². The van der Waals surface area contributed by atoms with Gasteiger partial charge in [-0.3, -0.25) is 0 Å². The molecule has 8 rings (SSSR count). The van der Waals surface area contributed by atoms with E-state index < -0.39 is 7.12 Å². The van der Waals surface area contributed by atoms with Gasteiger partial charge in [0, 0.05) is 32.3 Å². The van der Waals surface area contributed by atoms with Gasteiger partial charge in [0.05, 0.1) is 16.7 Å². The Hall–Kier alpha value is -4.06. The van der Waals surface area contributed by atoms with Gasteiger partial charge in [0.1, 0.15) is 5.42 Å². The standard InChI is InChI=1S/C33H26BNO3/c1-33(2)25-13-5-3-9-19(25)23-17-24-20-10-4-6-15-28(20)35(30(24)18-26(23)33)29-16-8-12-22-21-11-7-14-27(34(36)37)31(21)38-32(22)29/h3-6,8-13,15-18,36-37H,7,14H2,1-2H3. The van der Waals surface area contributed by atoms with E-state index in [9.17, 15) is 10.0 Å². The van der Waals surface area contributed by atoms with Gasteiger partial charge in [-0.2, -0.15) is 0 Å². The van der Waals surface area contributed by atoms with Gasteiger partial charge in [0.2, 0.25) is 0 Å². The molecule has 6 aromatic rings. The van der Waals surface area contributed by atoms with E-state index in [1.54, 1.807) is 0 Å². The van der Waals surface area contributed by atoms with Gasteiger partial charge >= 0.3 is 7.12 Å². The molecule has 2 aromatic heterocycles. The quantitative estimate of drug-likeness (QED) is 0.309. The van der Waals surface area contributed by atoms with Crippen molar-refractivity contribution in [3.8, 4) is 16.8 Å². The van der Waals surface area contributed by atoms with Crippen molar-refractivity contribution in [2.45, 2.75) is 32.1 Å². The molecular formula is C33H26BNO3. The van der Waals surface area contributed by atoms with Crippen molar-refractivity contribution >= 4 is 51.4 Å². The molecule has 0 saturated heterocycles. The Kier molecular flexibility index (Phi) is 4.34. The number of fused-ring (bicyclic) bond motifs is 9. The van der Waals surface area contributed by atoms with Crippen LogP contribution in [0.25, 0.3) is 61.1 Å². The van der Waals surface area contributed by atoms with Crippen LogP contribution in [0.3, 0.4) is 0 Å². The maximum absolute atomic E-state index is 10.0. The molecule has 2 aliphatic rings. The lowest BCUT2D eigenvalue weighted by atomic mass is 9.75. The third-order valence-electron chi connectivity index (χ3n) is 8.72. The number of para-hydroxylation sites is 2. The van der Waals surface area contributed by atoms with E-state index in [4.69, 9.17) is 4.42 Å². The Bertz CT molecular complexity index is 2090. The fourth-order valence-electron chi connectivity index (χ4n) is 6.90. The summed E-state index contributed by atoms with van der Waals surface area (Å²) in [5.74, 6) is 0. The maximum Gasteiger partial charge on any atom is 0.488 e. The zero-order chi connectivity index (χ0) is 25.8. The van der Waals surface area contributed by atoms with E-state index in [0.717, 1.165) is 39.3 Å².